The van der Waals surface area contributed by atoms with Crippen molar-refractivity contribution in [2.75, 3.05) is 13.2 Å². The van der Waals surface area contributed by atoms with Gasteiger partial charge in [0.1, 0.15) is 0 Å². The van der Waals surface area contributed by atoms with E-state index < -0.39 is 7.60 Å². The van der Waals surface area contributed by atoms with Crippen molar-refractivity contribution in [3.63, 3.8) is 0 Å². The molecule has 1 aromatic heterocycles. The Labute approximate surface area is 144 Å². The quantitative estimate of drug-likeness (QED) is 0.552. The minimum Gasteiger partial charge on any atom is -0.307 e. The van der Waals surface area contributed by atoms with Gasteiger partial charge in [0, 0.05) is 16.9 Å². The topological polar surface area (TPSA) is 48.4 Å². The van der Waals surface area contributed by atoms with Crippen LogP contribution in [-0.2, 0) is 19.4 Å². The lowest BCUT2D eigenvalue weighted by molar-refractivity contribution is 0.223. The molecule has 0 aromatic carbocycles. The number of allylic oxidation sites excluding steroid dienone is 1. The lowest BCUT2D eigenvalue weighted by atomic mass is 10.4. The molecular weight excluding hydrogens is 357 g/mol. The Kier molecular flexibility index (Phi) is 7.38. The van der Waals surface area contributed by atoms with E-state index in [1.54, 1.807) is 41.5 Å². The van der Waals surface area contributed by atoms with E-state index in [9.17, 15) is 4.57 Å². The third-order valence-corrected chi connectivity index (χ3v) is 10.6. The minimum absolute atomic E-state index is 0.210. The Bertz CT molecular complexity index is 558. The summed E-state index contributed by atoms with van der Waals surface area (Å²) in [5, 5.41) is 0. The molecule has 2 heterocycles. The van der Waals surface area contributed by atoms with Crippen LogP contribution in [0.2, 0.25) is 0 Å². The van der Waals surface area contributed by atoms with Crippen LogP contribution in [0, 0.1) is 0 Å². The molecule has 1 unspecified atom stereocenters. The van der Waals surface area contributed by atoms with Crippen molar-refractivity contribution in [2.45, 2.75) is 30.8 Å². The van der Waals surface area contributed by atoms with Gasteiger partial charge in [-0.3, -0.25) is 9.55 Å². The second-order valence-corrected chi connectivity index (χ2v) is 11.2. The van der Waals surface area contributed by atoms with E-state index in [0.717, 1.165) is 11.4 Å². The molecule has 0 saturated heterocycles. The van der Waals surface area contributed by atoms with Gasteiger partial charge in [0.2, 0.25) is 0 Å². The molecule has 2 rings (SSSR count). The molecule has 0 radical (unpaired) electrons. The van der Waals surface area contributed by atoms with Gasteiger partial charge in [0.05, 0.1) is 23.1 Å². The van der Waals surface area contributed by atoms with Gasteiger partial charge >= 0.3 is 7.60 Å². The molecule has 0 N–H and O–H groups in total. The summed E-state index contributed by atoms with van der Waals surface area (Å²) in [7, 11) is -3.08. The van der Waals surface area contributed by atoms with Crippen LogP contribution in [0.25, 0.3) is 0 Å². The maximum absolute atomic E-state index is 12.8. The fourth-order valence-corrected chi connectivity index (χ4v) is 9.45. The average molecular weight is 377 g/mol. The molecular formula is C14H20NO3PS3. The third kappa shape index (κ3) is 4.79. The Balaban J connectivity index is 1.98. The van der Waals surface area contributed by atoms with Gasteiger partial charge in [0.25, 0.3) is 0 Å². The molecule has 0 aliphatic carbocycles. The third-order valence-electron chi connectivity index (χ3n) is 2.73. The number of pyridine rings is 1. The van der Waals surface area contributed by atoms with E-state index >= 15 is 0 Å². The van der Waals surface area contributed by atoms with Crippen molar-refractivity contribution in [3.8, 4) is 0 Å². The first-order valence-corrected chi connectivity index (χ1v) is 11.4. The maximum atomic E-state index is 12.8. The highest BCUT2D eigenvalue weighted by Gasteiger charge is 2.41. The first-order valence-electron chi connectivity index (χ1n) is 7.04. The Morgan fingerprint density at radius 2 is 2.00 bits per heavy atom. The standard InChI is InChI=1S/C14H20NO3PS3/c1-4-17-19(16,18-5-2)14-21-11(3)13(22-14)20-10-12-8-6-7-9-15-12/h6-9,14H,4-5,10H2,1-3H3. The Morgan fingerprint density at radius 3 is 2.59 bits per heavy atom. The average Bonchev–Trinajstić information content (AvgIpc) is 2.89. The number of rotatable bonds is 8. The van der Waals surface area contributed by atoms with Crippen LogP contribution in [0.3, 0.4) is 0 Å². The Morgan fingerprint density at radius 1 is 1.27 bits per heavy atom. The molecule has 0 saturated carbocycles. The first kappa shape index (κ1) is 18.4. The van der Waals surface area contributed by atoms with Crippen LogP contribution < -0.4 is 0 Å². The SMILES string of the molecule is CCOP(=O)(OCC)C1SC(C)=C(SCc2ccccn2)S1. The van der Waals surface area contributed by atoms with E-state index in [4.69, 9.17) is 9.05 Å². The van der Waals surface area contributed by atoms with Gasteiger partial charge in [-0.25, -0.2) is 0 Å². The molecule has 0 fully saturated rings. The number of hydrogen-bond acceptors (Lipinski definition) is 7. The lowest BCUT2D eigenvalue weighted by Gasteiger charge is -2.21. The van der Waals surface area contributed by atoms with Crippen molar-refractivity contribution >= 4 is 42.9 Å². The molecule has 0 spiro atoms. The normalized spacial score (nSPS) is 19.0. The Hall–Kier alpha value is 0.0900. The van der Waals surface area contributed by atoms with Crippen molar-refractivity contribution in [1.82, 2.24) is 4.98 Å². The van der Waals surface area contributed by atoms with Gasteiger partial charge in [0.15, 0.2) is 4.32 Å². The fraction of sp³-hybridized carbons (Fsp3) is 0.500. The van der Waals surface area contributed by atoms with Crippen LogP contribution in [0.15, 0.2) is 33.5 Å². The van der Waals surface area contributed by atoms with Crippen LogP contribution >= 0.6 is 42.9 Å². The molecule has 8 heteroatoms. The molecule has 0 amide bonds. The molecule has 1 aliphatic rings. The molecule has 1 aliphatic heterocycles. The van der Waals surface area contributed by atoms with Gasteiger partial charge in [-0.1, -0.05) is 17.8 Å². The summed E-state index contributed by atoms with van der Waals surface area (Å²) in [6.07, 6.45) is 1.80. The minimum atomic E-state index is -3.08. The van der Waals surface area contributed by atoms with Crippen LogP contribution in [0.5, 0.6) is 0 Å². The largest absolute Gasteiger partial charge is 0.354 e. The van der Waals surface area contributed by atoms with E-state index in [0.29, 0.717) is 13.2 Å². The van der Waals surface area contributed by atoms with E-state index in [1.165, 1.54) is 9.14 Å². The van der Waals surface area contributed by atoms with Gasteiger partial charge in [-0.2, -0.15) is 0 Å². The van der Waals surface area contributed by atoms with E-state index in [2.05, 4.69) is 11.9 Å². The zero-order chi connectivity index (χ0) is 16.0. The zero-order valence-electron chi connectivity index (χ0n) is 12.9. The lowest BCUT2D eigenvalue weighted by Crippen LogP contribution is -2.04. The van der Waals surface area contributed by atoms with Crippen LogP contribution in [0.1, 0.15) is 26.5 Å². The maximum Gasteiger partial charge on any atom is 0.354 e. The summed E-state index contributed by atoms with van der Waals surface area (Å²) in [6, 6.07) is 5.91. The fourth-order valence-electron chi connectivity index (χ4n) is 1.80. The van der Waals surface area contributed by atoms with Crippen molar-refractivity contribution in [2.24, 2.45) is 0 Å². The summed E-state index contributed by atoms with van der Waals surface area (Å²) < 4.78 is 24.7. The van der Waals surface area contributed by atoms with Gasteiger partial charge in [-0.15, -0.1) is 23.5 Å². The predicted molar refractivity (Wildman–Crippen MR) is 98.1 cm³/mol. The smallest absolute Gasteiger partial charge is 0.307 e. The zero-order valence-corrected chi connectivity index (χ0v) is 16.2. The van der Waals surface area contributed by atoms with Crippen LogP contribution in [-0.4, -0.2) is 22.5 Å². The second-order valence-electron chi connectivity index (χ2n) is 4.37. The van der Waals surface area contributed by atoms with E-state index in [-0.39, 0.29) is 4.32 Å². The van der Waals surface area contributed by atoms with Gasteiger partial charge in [-0.05, 0) is 32.9 Å². The van der Waals surface area contributed by atoms with E-state index in [1.807, 2.05) is 32.0 Å². The summed E-state index contributed by atoms with van der Waals surface area (Å²) in [5.41, 5.74) is 1.04. The predicted octanol–water partition coefficient (Wildman–Crippen LogP) is 5.53. The highest BCUT2D eigenvalue weighted by Crippen LogP contribution is 2.68. The van der Waals surface area contributed by atoms with Crippen molar-refractivity contribution < 1.29 is 13.6 Å². The molecule has 22 heavy (non-hydrogen) atoms. The molecule has 1 atom stereocenters. The number of nitrogens with zero attached hydrogens (tertiary/aromatic N) is 1. The second kappa shape index (κ2) is 8.81. The summed E-state index contributed by atoms with van der Waals surface area (Å²) >= 11 is 4.90. The summed E-state index contributed by atoms with van der Waals surface area (Å²) in [5.74, 6) is 0.807. The molecule has 122 valence electrons. The van der Waals surface area contributed by atoms with Gasteiger partial charge < -0.3 is 9.05 Å². The summed E-state index contributed by atoms with van der Waals surface area (Å²) in [4.78, 5) is 5.50. The van der Waals surface area contributed by atoms with Crippen LogP contribution in [0.4, 0.5) is 0 Å². The molecule has 4 nitrogen and oxygen atoms in total. The highest BCUT2D eigenvalue weighted by atomic mass is 32.2. The first-order chi connectivity index (χ1) is 10.6. The summed E-state index contributed by atoms with van der Waals surface area (Å²) in [6.45, 7) is 6.52. The molecule has 1 aromatic rings. The monoisotopic (exact) mass is 377 g/mol. The number of aromatic nitrogens is 1. The van der Waals surface area contributed by atoms with Crippen molar-refractivity contribution in [3.05, 3.63) is 39.2 Å². The van der Waals surface area contributed by atoms with Crippen molar-refractivity contribution in [1.29, 1.82) is 0 Å². The number of thioether (sulfide) groups is 3. The number of hydrogen-bond donors (Lipinski definition) is 0. The molecule has 0 bridgehead atoms. The highest BCUT2D eigenvalue weighted by molar-refractivity contribution is 8.35.